The highest BCUT2D eigenvalue weighted by Crippen LogP contribution is 2.34. The number of hydrogen-bond acceptors (Lipinski definition) is 1. The first-order valence-electron chi connectivity index (χ1n) is 7.14. The lowest BCUT2D eigenvalue weighted by Gasteiger charge is -2.15. The van der Waals surface area contributed by atoms with Crippen LogP contribution in [0.4, 0.5) is 0 Å². The van der Waals surface area contributed by atoms with Crippen LogP contribution in [0.5, 0.6) is 5.75 Å². The van der Waals surface area contributed by atoms with Crippen LogP contribution in [0.15, 0.2) is 36.4 Å². The Labute approximate surface area is 115 Å². The van der Waals surface area contributed by atoms with Gasteiger partial charge in [-0.25, -0.2) is 0 Å². The van der Waals surface area contributed by atoms with Crippen molar-refractivity contribution < 1.29 is 5.11 Å². The van der Waals surface area contributed by atoms with Crippen LogP contribution in [0.2, 0.25) is 0 Å². The fourth-order valence-electron chi connectivity index (χ4n) is 2.64. The van der Waals surface area contributed by atoms with Crippen molar-refractivity contribution in [3.63, 3.8) is 0 Å². The fourth-order valence-corrected chi connectivity index (χ4v) is 2.64. The van der Waals surface area contributed by atoms with E-state index in [0.717, 1.165) is 24.8 Å². The number of phenols is 1. The summed E-state index contributed by atoms with van der Waals surface area (Å²) in [4.78, 5) is 0. The van der Waals surface area contributed by atoms with E-state index < -0.39 is 0 Å². The van der Waals surface area contributed by atoms with Gasteiger partial charge in [-0.15, -0.1) is 0 Å². The molecule has 0 saturated heterocycles. The lowest BCUT2D eigenvalue weighted by Crippen LogP contribution is -1.96. The Bertz CT molecular complexity index is 570. The Kier molecular flexibility index (Phi) is 4.26. The van der Waals surface area contributed by atoms with Crippen molar-refractivity contribution in [3.8, 4) is 16.9 Å². The monoisotopic (exact) mass is 254 g/mol. The van der Waals surface area contributed by atoms with Crippen molar-refractivity contribution in [2.45, 2.75) is 40.0 Å². The lowest BCUT2D eigenvalue weighted by atomic mass is 9.90. The SMILES string of the molecule is CCc1cccc(-c2c(CC)ccc(O)c2CC)c1. The predicted octanol–water partition coefficient (Wildman–Crippen LogP) is 4.75. The fraction of sp³-hybridized carbons (Fsp3) is 0.333. The highest BCUT2D eigenvalue weighted by atomic mass is 16.3. The van der Waals surface area contributed by atoms with E-state index in [1.165, 1.54) is 22.3 Å². The maximum absolute atomic E-state index is 10.1. The van der Waals surface area contributed by atoms with Crippen LogP contribution < -0.4 is 0 Å². The molecule has 2 aromatic carbocycles. The van der Waals surface area contributed by atoms with E-state index in [2.05, 4.69) is 45.0 Å². The zero-order chi connectivity index (χ0) is 13.8. The van der Waals surface area contributed by atoms with E-state index in [9.17, 15) is 5.11 Å². The normalized spacial score (nSPS) is 10.7. The summed E-state index contributed by atoms with van der Waals surface area (Å²) in [6.45, 7) is 6.43. The molecule has 1 N–H and O–H groups in total. The molecule has 1 nitrogen and oxygen atoms in total. The van der Waals surface area contributed by atoms with Crippen molar-refractivity contribution in [1.29, 1.82) is 0 Å². The van der Waals surface area contributed by atoms with Gasteiger partial charge < -0.3 is 5.11 Å². The molecular formula is C18H22O. The molecule has 0 amide bonds. The maximum atomic E-state index is 10.1. The van der Waals surface area contributed by atoms with Gasteiger partial charge in [-0.3, -0.25) is 0 Å². The van der Waals surface area contributed by atoms with Crippen LogP contribution in [0, 0.1) is 0 Å². The summed E-state index contributed by atoms with van der Waals surface area (Å²) < 4.78 is 0. The lowest BCUT2D eigenvalue weighted by molar-refractivity contribution is 0.469. The van der Waals surface area contributed by atoms with Crippen LogP contribution in [-0.4, -0.2) is 5.11 Å². The minimum atomic E-state index is 0.414. The molecule has 0 spiro atoms. The van der Waals surface area contributed by atoms with Gasteiger partial charge in [0.05, 0.1) is 0 Å². The largest absolute Gasteiger partial charge is 0.508 e. The van der Waals surface area contributed by atoms with Crippen molar-refractivity contribution in [2.75, 3.05) is 0 Å². The van der Waals surface area contributed by atoms with Gasteiger partial charge in [-0.2, -0.15) is 0 Å². The van der Waals surface area contributed by atoms with Gasteiger partial charge in [0.2, 0.25) is 0 Å². The molecule has 0 bridgehead atoms. The molecule has 0 heterocycles. The maximum Gasteiger partial charge on any atom is 0.119 e. The third kappa shape index (κ3) is 2.65. The summed E-state index contributed by atoms with van der Waals surface area (Å²) in [5, 5.41) is 10.1. The van der Waals surface area contributed by atoms with Crippen LogP contribution in [0.3, 0.4) is 0 Å². The van der Waals surface area contributed by atoms with Crippen LogP contribution in [0.25, 0.3) is 11.1 Å². The number of hydrogen-bond donors (Lipinski definition) is 1. The summed E-state index contributed by atoms with van der Waals surface area (Å²) in [5.41, 5.74) is 6.16. The summed E-state index contributed by atoms with van der Waals surface area (Å²) in [7, 11) is 0. The average molecular weight is 254 g/mol. The van der Waals surface area contributed by atoms with Crippen LogP contribution in [-0.2, 0) is 19.3 Å². The number of aromatic hydroxyl groups is 1. The van der Waals surface area contributed by atoms with Crippen molar-refractivity contribution in [3.05, 3.63) is 53.1 Å². The standard InChI is InChI=1S/C18H22O/c1-4-13-8-7-9-15(12-13)18-14(5-2)10-11-17(19)16(18)6-3/h7-12,19H,4-6H2,1-3H3. The number of phenolic OH excluding ortho intramolecular Hbond substituents is 1. The second-order valence-corrected chi connectivity index (χ2v) is 4.86. The highest BCUT2D eigenvalue weighted by molar-refractivity contribution is 5.74. The first-order valence-corrected chi connectivity index (χ1v) is 7.14. The molecule has 0 aliphatic heterocycles. The van der Waals surface area contributed by atoms with Crippen molar-refractivity contribution >= 4 is 0 Å². The molecule has 0 saturated carbocycles. The second-order valence-electron chi connectivity index (χ2n) is 4.86. The van der Waals surface area contributed by atoms with Gasteiger partial charge in [-0.05, 0) is 47.6 Å². The second kappa shape index (κ2) is 5.92. The van der Waals surface area contributed by atoms with Gasteiger partial charge in [0.1, 0.15) is 5.75 Å². The zero-order valence-electron chi connectivity index (χ0n) is 12.0. The molecule has 0 aliphatic rings. The topological polar surface area (TPSA) is 20.2 Å². The van der Waals surface area contributed by atoms with Crippen LogP contribution >= 0.6 is 0 Å². The van der Waals surface area contributed by atoms with E-state index in [1.807, 2.05) is 12.1 Å². The molecule has 0 radical (unpaired) electrons. The molecule has 1 heteroatoms. The Morgan fingerprint density at radius 2 is 1.68 bits per heavy atom. The van der Waals surface area contributed by atoms with Crippen LogP contribution in [0.1, 0.15) is 37.5 Å². The average Bonchev–Trinajstić information content (AvgIpc) is 2.46. The predicted molar refractivity (Wildman–Crippen MR) is 81.7 cm³/mol. The Morgan fingerprint density at radius 3 is 2.32 bits per heavy atom. The Hall–Kier alpha value is -1.76. The van der Waals surface area contributed by atoms with Gasteiger partial charge >= 0.3 is 0 Å². The highest BCUT2D eigenvalue weighted by Gasteiger charge is 2.12. The molecule has 0 unspecified atom stereocenters. The third-order valence-corrected chi connectivity index (χ3v) is 3.73. The van der Waals surface area contributed by atoms with E-state index in [0.29, 0.717) is 5.75 Å². The minimum absolute atomic E-state index is 0.414. The van der Waals surface area contributed by atoms with Gasteiger partial charge in [-0.1, -0.05) is 51.1 Å². The van der Waals surface area contributed by atoms with Gasteiger partial charge in [0.25, 0.3) is 0 Å². The van der Waals surface area contributed by atoms with E-state index in [-0.39, 0.29) is 0 Å². The third-order valence-electron chi connectivity index (χ3n) is 3.73. The van der Waals surface area contributed by atoms with E-state index in [4.69, 9.17) is 0 Å². The summed E-state index contributed by atoms with van der Waals surface area (Å²) in [5.74, 6) is 0.414. The summed E-state index contributed by atoms with van der Waals surface area (Å²) in [6.07, 6.45) is 2.87. The molecular weight excluding hydrogens is 232 g/mol. The quantitative estimate of drug-likeness (QED) is 0.835. The number of rotatable bonds is 4. The summed E-state index contributed by atoms with van der Waals surface area (Å²) in [6, 6.07) is 12.5. The number of benzene rings is 2. The smallest absolute Gasteiger partial charge is 0.119 e. The molecule has 0 aliphatic carbocycles. The molecule has 2 aromatic rings. The van der Waals surface area contributed by atoms with Gasteiger partial charge in [0, 0.05) is 5.56 Å². The minimum Gasteiger partial charge on any atom is -0.508 e. The van der Waals surface area contributed by atoms with E-state index >= 15 is 0 Å². The molecule has 0 aromatic heterocycles. The molecule has 0 atom stereocenters. The molecule has 100 valence electrons. The van der Waals surface area contributed by atoms with Crippen molar-refractivity contribution in [1.82, 2.24) is 0 Å². The van der Waals surface area contributed by atoms with Crippen molar-refractivity contribution in [2.24, 2.45) is 0 Å². The number of aryl methyl sites for hydroxylation is 2. The molecule has 19 heavy (non-hydrogen) atoms. The molecule has 2 rings (SSSR count). The van der Waals surface area contributed by atoms with E-state index in [1.54, 1.807) is 0 Å². The zero-order valence-corrected chi connectivity index (χ0v) is 12.0. The summed E-state index contributed by atoms with van der Waals surface area (Å²) >= 11 is 0. The first kappa shape index (κ1) is 13.7. The first-order chi connectivity index (χ1) is 9.21. The Morgan fingerprint density at radius 1 is 0.895 bits per heavy atom. The molecule has 0 fully saturated rings. The Balaban J connectivity index is 2.68. The van der Waals surface area contributed by atoms with Gasteiger partial charge in [0.15, 0.2) is 0 Å².